The number of hydrogen-bond donors (Lipinski definition) is 1. The van der Waals surface area contributed by atoms with E-state index >= 15 is 0 Å². The standard InChI is InChI=1S/C20H19FN6O2/c1-12-6-13(2)27(25-12)18-9-17(22-11-23-18)24-20(29)14-7-19(28)26(10-14)16-5-3-4-15(21)8-16/h3-6,8-9,11,14H,7,10H2,1-2H3,(H,22,23,24,29). The first-order chi connectivity index (χ1) is 13.9. The first-order valence-corrected chi connectivity index (χ1v) is 9.13. The third-order valence-electron chi connectivity index (χ3n) is 4.75. The van der Waals surface area contributed by atoms with Crippen LogP contribution in [0.15, 0.2) is 42.7 Å². The van der Waals surface area contributed by atoms with Gasteiger partial charge in [-0.2, -0.15) is 5.10 Å². The van der Waals surface area contributed by atoms with Gasteiger partial charge in [0.25, 0.3) is 0 Å². The summed E-state index contributed by atoms with van der Waals surface area (Å²) in [7, 11) is 0. The van der Waals surface area contributed by atoms with Crippen molar-refractivity contribution in [2.45, 2.75) is 20.3 Å². The molecule has 8 nitrogen and oxygen atoms in total. The van der Waals surface area contributed by atoms with Gasteiger partial charge in [-0.15, -0.1) is 0 Å². The van der Waals surface area contributed by atoms with Gasteiger partial charge in [0.1, 0.15) is 18.0 Å². The number of benzene rings is 1. The molecule has 3 heterocycles. The van der Waals surface area contributed by atoms with Crippen molar-refractivity contribution in [3.05, 3.63) is 59.9 Å². The van der Waals surface area contributed by atoms with Gasteiger partial charge in [-0.1, -0.05) is 6.07 Å². The molecule has 0 aliphatic carbocycles. The van der Waals surface area contributed by atoms with E-state index in [2.05, 4.69) is 20.4 Å². The van der Waals surface area contributed by atoms with Crippen LogP contribution in [0.4, 0.5) is 15.9 Å². The molecule has 0 radical (unpaired) electrons. The van der Waals surface area contributed by atoms with E-state index in [1.807, 2.05) is 19.9 Å². The lowest BCUT2D eigenvalue weighted by molar-refractivity contribution is -0.122. The number of carbonyl (C=O) groups excluding carboxylic acids is 2. The van der Waals surface area contributed by atoms with Crippen molar-refractivity contribution in [3.63, 3.8) is 0 Å². The molecule has 1 aliphatic rings. The number of anilines is 2. The van der Waals surface area contributed by atoms with Crippen LogP contribution < -0.4 is 10.2 Å². The predicted octanol–water partition coefficient (Wildman–Crippen LogP) is 2.41. The number of carbonyl (C=O) groups is 2. The summed E-state index contributed by atoms with van der Waals surface area (Å²) in [5.41, 5.74) is 2.21. The van der Waals surface area contributed by atoms with Crippen LogP contribution in [0.1, 0.15) is 17.8 Å². The van der Waals surface area contributed by atoms with Crippen molar-refractivity contribution in [2.75, 3.05) is 16.8 Å². The number of halogens is 1. The second-order valence-electron chi connectivity index (χ2n) is 6.97. The highest BCUT2D eigenvalue weighted by molar-refractivity contribution is 6.03. The lowest BCUT2D eigenvalue weighted by atomic mass is 10.1. The Morgan fingerprint density at radius 3 is 2.76 bits per heavy atom. The number of nitrogens with zero attached hydrogens (tertiary/aromatic N) is 5. The number of amides is 2. The molecule has 1 aromatic carbocycles. The Balaban J connectivity index is 1.48. The van der Waals surface area contributed by atoms with Crippen molar-refractivity contribution in [1.29, 1.82) is 0 Å². The lowest BCUT2D eigenvalue weighted by Gasteiger charge is -2.16. The van der Waals surface area contributed by atoms with E-state index in [9.17, 15) is 14.0 Å². The minimum absolute atomic E-state index is 0.0533. The number of hydrogen-bond acceptors (Lipinski definition) is 5. The van der Waals surface area contributed by atoms with E-state index in [0.29, 0.717) is 17.3 Å². The van der Waals surface area contributed by atoms with Crippen LogP contribution >= 0.6 is 0 Å². The number of nitrogens with one attached hydrogen (secondary N) is 1. The van der Waals surface area contributed by atoms with Crippen LogP contribution in [0.3, 0.4) is 0 Å². The molecule has 148 valence electrons. The fraction of sp³-hybridized carbons (Fsp3) is 0.250. The van der Waals surface area contributed by atoms with Crippen molar-refractivity contribution < 1.29 is 14.0 Å². The van der Waals surface area contributed by atoms with Gasteiger partial charge < -0.3 is 10.2 Å². The molecule has 3 aromatic rings. The average molecular weight is 394 g/mol. The molecule has 4 rings (SSSR count). The molecule has 1 atom stereocenters. The zero-order valence-corrected chi connectivity index (χ0v) is 16.0. The van der Waals surface area contributed by atoms with Crippen molar-refractivity contribution in [2.24, 2.45) is 5.92 Å². The quantitative estimate of drug-likeness (QED) is 0.734. The van der Waals surface area contributed by atoms with Crippen LogP contribution in [-0.2, 0) is 9.59 Å². The predicted molar refractivity (Wildman–Crippen MR) is 104 cm³/mol. The maximum Gasteiger partial charge on any atom is 0.230 e. The fourth-order valence-corrected chi connectivity index (χ4v) is 3.40. The van der Waals surface area contributed by atoms with Crippen molar-refractivity contribution in [3.8, 4) is 5.82 Å². The molecule has 1 fully saturated rings. The van der Waals surface area contributed by atoms with Gasteiger partial charge in [0.15, 0.2) is 5.82 Å². The van der Waals surface area contributed by atoms with E-state index in [-0.39, 0.29) is 24.8 Å². The molecule has 1 aliphatic heterocycles. The molecule has 2 aromatic heterocycles. The Hall–Kier alpha value is -3.62. The zero-order chi connectivity index (χ0) is 20.5. The molecule has 9 heteroatoms. The number of aromatic nitrogens is 4. The monoisotopic (exact) mass is 394 g/mol. The van der Waals surface area contributed by atoms with Crippen LogP contribution in [0.25, 0.3) is 5.82 Å². The SMILES string of the molecule is Cc1cc(C)n(-c2cc(NC(=O)C3CC(=O)N(c4cccc(F)c4)C3)ncn2)n1. The van der Waals surface area contributed by atoms with Crippen LogP contribution in [-0.4, -0.2) is 38.1 Å². The van der Waals surface area contributed by atoms with Crippen LogP contribution in [0.2, 0.25) is 0 Å². The molecule has 1 N–H and O–H groups in total. The van der Waals surface area contributed by atoms with Gasteiger partial charge in [-0.3, -0.25) is 9.59 Å². The van der Waals surface area contributed by atoms with Crippen molar-refractivity contribution in [1.82, 2.24) is 19.7 Å². The largest absolute Gasteiger partial charge is 0.311 e. The summed E-state index contributed by atoms with van der Waals surface area (Å²) < 4.78 is 15.1. The van der Waals surface area contributed by atoms with E-state index in [0.717, 1.165) is 11.4 Å². The normalized spacial score (nSPS) is 16.3. The highest BCUT2D eigenvalue weighted by Gasteiger charge is 2.35. The summed E-state index contributed by atoms with van der Waals surface area (Å²) in [6, 6.07) is 9.32. The first kappa shape index (κ1) is 18.7. The Bertz CT molecular complexity index is 1100. The Labute approximate surface area is 166 Å². The maximum absolute atomic E-state index is 13.5. The zero-order valence-electron chi connectivity index (χ0n) is 16.0. The highest BCUT2D eigenvalue weighted by Crippen LogP contribution is 2.26. The second-order valence-corrected chi connectivity index (χ2v) is 6.97. The molecule has 0 spiro atoms. The van der Waals surface area contributed by atoms with Gasteiger partial charge >= 0.3 is 0 Å². The second kappa shape index (κ2) is 7.42. The highest BCUT2D eigenvalue weighted by atomic mass is 19.1. The smallest absolute Gasteiger partial charge is 0.230 e. The van der Waals surface area contributed by atoms with E-state index in [1.54, 1.807) is 16.8 Å². The van der Waals surface area contributed by atoms with Crippen LogP contribution in [0.5, 0.6) is 0 Å². The van der Waals surface area contributed by atoms with Gasteiger partial charge in [-0.05, 0) is 38.1 Å². The summed E-state index contributed by atoms with van der Waals surface area (Å²) in [6.45, 7) is 3.98. The molecular formula is C20H19FN6O2. The van der Waals surface area contributed by atoms with Crippen LogP contribution in [0, 0.1) is 25.6 Å². The van der Waals surface area contributed by atoms with E-state index in [1.165, 1.54) is 29.4 Å². The summed E-state index contributed by atoms with van der Waals surface area (Å²) in [4.78, 5) is 34.7. The number of aryl methyl sites for hydroxylation is 2. The topological polar surface area (TPSA) is 93.0 Å². The minimum Gasteiger partial charge on any atom is -0.311 e. The van der Waals surface area contributed by atoms with Gasteiger partial charge in [-0.25, -0.2) is 19.0 Å². The summed E-state index contributed by atoms with van der Waals surface area (Å²) in [5.74, 6) is -0.676. The first-order valence-electron chi connectivity index (χ1n) is 9.13. The third-order valence-corrected chi connectivity index (χ3v) is 4.75. The maximum atomic E-state index is 13.5. The molecular weight excluding hydrogens is 375 g/mol. The van der Waals surface area contributed by atoms with E-state index < -0.39 is 11.7 Å². The molecule has 0 bridgehead atoms. The van der Waals surface area contributed by atoms with Gasteiger partial charge in [0.2, 0.25) is 11.8 Å². The molecule has 29 heavy (non-hydrogen) atoms. The Morgan fingerprint density at radius 1 is 1.21 bits per heavy atom. The van der Waals surface area contributed by atoms with Crippen molar-refractivity contribution >= 4 is 23.3 Å². The average Bonchev–Trinajstić information content (AvgIpc) is 3.24. The lowest BCUT2D eigenvalue weighted by Crippen LogP contribution is -2.28. The summed E-state index contributed by atoms with van der Waals surface area (Å²) in [6.07, 6.45) is 1.40. The van der Waals surface area contributed by atoms with Gasteiger partial charge in [0, 0.05) is 30.4 Å². The molecule has 0 saturated carbocycles. The fourth-order valence-electron chi connectivity index (χ4n) is 3.40. The Kier molecular flexibility index (Phi) is 4.79. The summed E-state index contributed by atoms with van der Waals surface area (Å²) in [5, 5.41) is 7.11. The number of rotatable bonds is 4. The third kappa shape index (κ3) is 3.84. The molecule has 2 amide bonds. The Morgan fingerprint density at radius 2 is 2.03 bits per heavy atom. The van der Waals surface area contributed by atoms with E-state index in [4.69, 9.17) is 0 Å². The molecule has 1 unspecified atom stereocenters. The van der Waals surface area contributed by atoms with Gasteiger partial charge in [0.05, 0.1) is 11.6 Å². The minimum atomic E-state index is -0.558. The molecule has 1 saturated heterocycles. The summed E-state index contributed by atoms with van der Waals surface area (Å²) >= 11 is 0.